The van der Waals surface area contributed by atoms with Gasteiger partial charge in [-0.15, -0.1) is 0 Å². The van der Waals surface area contributed by atoms with E-state index in [4.69, 9.17) is 4.74 Å². The predicted molar refractivity (Wildman–Crippen MR) is 122 cm³/mol. The lowest BCUT2D eigenvalue weighted by Crippen LogP contribution is -2.31. The molecule has 0 radical (unpaired) electrons. The van der Waals surface area contributed by atoms with Gasteiger partial charge in [-0.05, 0) is 42.0 Å². The van der Waals surface area contributed by atoms with Crippen LogP contribution in [0.1, 0.15) is 45.9 Å². The van der Waals surface area contributed by atoms with E-state index in [1.165, 1.54) is 11.1 Å². The molecule has 1 heterocycles. The van der Waals surface area contributed by atoms with Gasteiger partial charge in [0.25, 0.3) is 5.91 Å². The topological polar surface area (TPSA) is 51.2 Å². The summed E-state index contributed by atoms with van der Waals surface area (Å²) in [6.07, 6.45) is 3.09. The molecule has 154 valence electrons. The number of benzene rings is 3. The van der Waals surface area contributed by atoms with Gasteiger partial charge in [0.2, 0.25) is 5.88 Å². The standard InChI is InChI=1S/C27H24N2O2/c30-27(29-24-16-8-12-20-11-4-5-13-21(20)24)23-17-26(28-25-15-7-6-14-22(23)25)31-18-19-9-2-1-3-10-19/h1-7,9-11,13-15,17,24H,8,12,16,18H2,(H,29,30)/t24-/m1/s1. The van der Waals surface area contributed by atoms with Crippen LogP contribution in [0, 0.1) is 0 Å². The lowest BCUT2D eigenvalue weighted by atomic mass is 9.87. The minimum absolute atomic E-state index is 0.0260. The molecular formula is C27H24N2O2. The van der Waals surface area contributed by atoms with Crippen molar-refractivity contribution in [3.63, 3.8) is 0 Å². The summed E-state index contributed by atoms with van der Waals surface area (Å²) in [6.45, 7) is 0.406. The lowest BCUT2D eigenvalue weighted by molar-refractivity contribution is 0.0934. The maximum Gasteiger partial charge on any atom is 0.252 e. The van der Waals surface area contributed by atoms with E-state index < -0.39 is 0 Å². The molecule has 1 N–H and O–H groups in total. The van der Waals surface area contributed by atoms with Gasteiger partial charge in [0.05, 0.1) is 17.1 Å². The summed E-state index contributed by atoms with van der Waals surface area (Å²) in [7, 11) is 0. The zero-order chi connectivity index (χ0) is 21.0. The molecule has 4 nitrogen and oxygen atoms in total. The summed E-state index contributed by atoms with van der Waals surface area (Å²) in [4.78, 5) is 18.0. The number of carbonyl (C=O) groups excluding carboxylic acids is 1. The molecule has 1 aliphatic carbocycles. The van der Waals surface area contributed by atoms with Crippen LogP contribution in [0.5, 0.6) is 5.88 Å². The van der Waals surface area contributed by atoms with Crippen LogP contribution in [-0.4, -0.2) is 10.9 Å². The average molecular weight is 409 g/mol. The fourth-order valence-electron chi connectivity index (χ4n) is 4.28. The van der Waals surface area contributed by atoms with Crippen LogP contribution >= 0.6 is 0 Å². The van der Waals surface area contributed by atoms with Crippen molar-refractivity contribution in [3.8, 4) is 5.88 Å². The van der Waals surface area contributed by atoms with Crippen molar-refractivity contribution in [2.75, 3.05) is 0 Å². The minimum Gasteiger partial charge on any atom is -0.473 e. The van der Waals surface area contributed by atoms with Gasteiger partial charge in [0, 0.05) is 11.5 Å². The van der Waals surface area contributed by atoms with Crippen molar-refractivity contribution in [1.82, 2.24) is 10.3 Å². The zero-order valence-electron chi connectivity index (χ0n) is 17.3. The number of nitrogens with zero attached hydrogens (tertiary/aromatic N) is 1. The number of ether oxygens (including phenoxy) is 1. The Balaban J connectivity index is 1.44. The van der Waals surface area contributed by atoms with Crippen LogP contribution in [-0.2, 0) is 13.0 Å². The number of nitrogens with one attached hydrogen (secondary N) is 1. The fourth-order valence-corrected chi connectivity index (χ4v) is 4.28. The quantitative estimate of drug-likeness (QED) is 0.466. The van der Waals surface area contributed by atoms with Gasteiger partial charge in [-0.3, -0.25) is 4.79 Å². The van der Waals surface area contributed by atoms with Crippen molar-refractivity contribution < 1.29 is 9.53 Å². The summed E-state index contributed by atoms with van der Waals surface area (Å²) in [5.74, 6) is 0.363. The Morgan fingerprint density at radius 2 is 1.74 bits per heavy atom. The normalized spacial score (nSPS) is 15.3. The van der Waals surface area contributed by atoms with Gasteiger partial charge in [-0.25, -0.2) is 4.98 Å². The van der Waals surface area contributed by atoms with E-state index in [9.17, 15) is 4.79 Å². The van der Waals surface area contributed by atoms with E-state index in [0.717, 1.165) is 35.7 Å². The first kappa shape index (κ1) is 19.3. The van der Waals surface area contributed by atoms with E-state index in [1.807, 2.05) is 60.7 Å². The van der Waals surface area contributed by atoms with Crippen LogP contribution in [0.3, 0.4) is 0 Å². The first-order chi connectivity index (χ1) is 15.3. The molecule has 5 rings (SSSR count). The molecule has 4 heteroatoms. The monoisotopic (exact) mass is 408 g/mol. The second kappa shape index (κ2) is 8.60. The Labute approximate surface area is 181 Å². The molecule has 3 aromatic carbocycles. The van der Waals surface area contributed by atoms with E-state index in [1.54, 1.807) is 6.07 Å². The van der Waals surface area contributed by atoms with Crippen molar-refractivity contribution in [2.24, 2.45) is 0 Å². The van der Waals surface area contributed by atoms with Gasteiger partial charge in [-0.2, -0.15) is 0 Å². The molecule has 0 saturated carbocycles. The highest BCUT2D eigenvalue weighted by Crippen LogP contribution is 2.30. The van der Waals surface area contributed by atoms with Gasteiger partial charge >= 0.3 is 0 Å². The summed E-state index contributed by atoms with van der Waals surface area (Å²) in [5, 5.41) is 4.09. The number of fused-ring (bicyclic) bond motifs is 2. The number of para-hydroxylation sites is 1. The largest absolute Gasteiger partial charge is 0.473 e. The molecule has 0 spiro atoms. The number of rotatable bonds is 5. The number of hydrogen-bond acceptors (Lipinski definition) is 3. The van der Waals surface area contributed by atoms with Crippen molar-refractivity contribution in [1.29, 1.82) is 0 Å². The number of hydrogen-bond donors (Lipinski definition) is 1. The van der Waals surface area contributed by atoms with Crippen molar-refractivity contribution in [3.05, 3.63) is 107 Å². The second-order valence-corrected chi connectivity index (χ2v) is 7.92. The smallest absolute Gasteiger partial charge is 0.252 e. The number of carbonyl (C=O) groups is 1. The molecular weight excluding hydrogens is 384 g/mol. The van der Waals surface area contributed by atoms with E-state index in [0.29, 0.717) is 18.1 Å². The van der Waals surface area contributed by atoms with Crippen LogP contribution in [0.15, 0.2) is 84.9 Å². The first-order valence-electron chi connectivity index (χ1n) is 10.7. The Morgan fingerprint density at radius 1 is 0.968 bits per heavy atom. The third-order valence-corrected chi connectivity index (χ3v) is 5.84. The summed E-state index contributed by atoms with van der Waals surface area (Å²) in [5.41, 5.74) is 4.95. The van der Waals surface area contributed by atoms with Crippen LogP contribution in [0.25, 0.3) is 10.9 Å². The number of amides is 1. The Kier molecular flexibility index (Phi) is 5.36. The zero-order valence-corrected chi connectivity index (χ0v) is 17.3. The van der Waals surface area contributed by atoms with Crippen molar-refractivity contribution >= 4 is 16.8 Å². The fraction of sp³-hybridized carbons (Fsp3) is 0.185. The molecule has 1 atom stereocenters. The minimum atomic E-state index is -0.0927. The Hall–Kier alpha value is -3.66. The summed E-state index contributed by atoms with van der Waals surface area (Å²) >= 11 is 0. The predicted octanol–water partition coefficient (Wildman–Crippen LogP) is 5.62. The van der Waals surface area contributed by atoms with Gasteiger partial charge < -0.3 is 10.1 Å². The lowest BCUT2D eigenvalue weighted by Gasteiger charge is -2.26. The van der Waals surface area contributed by atoms with Gasteiger partial charge in [0.15, 0.2) is 0 Å². The summed E-state index contributed by atoms with van der Waals surface area (Å²) < 4.78 is 5.95. The molecule has 4 aromatic rings. The van der Waals surface area contributed by atoms with E-state index >= 15 is 0 Å². The van der Waals surface area contributed by atoms with Crippen LogP contribution in [0.2, 0.25) is 0 Å². The molecule has 1 aliphatic rings. The number of pyridine rings is 1. The molecule has 0 aliphatic heterocycles. The molecule has 1 amide bonds. The molecule has 0 saturated heterocycles. The molecule has 0 unspecified atom stereocenters. The second-order valence-electron chi connectivity index (χ2n) is 7.92. The summed E-state index contributed by atoms with van der Waals surface area (Å²) in [6, 6.07) is 27.8. The number of aryl methyl sites for hydroxylation is 1. The first-order valence-corrected chi connectivity index (χ1v) is 10.7. The van der Waals surface area contributed by atoms with Crippen LogP contribution in [0.4, 0.5) is 0 Å². The molecule has 0 bridgehead atoms. The third kappa shape index (κ3) is 4.15. The highest BCUT2D eigenvalue weighted by molar-refractivity contribution is 6.06. The Morgan fingerprint density at radius 3 is 2.65 bits per heavy atom. The highest BCUT2D eigenvalue weighted by Gasteiger charge is 2.23. The maximum absolute atomic E-state index is 13.4. The third-order valence-electron chi connectivity index (χ3n) is 5.84. The Bertz CT molecular complexity index is 1220. The van der Waals surface area contributed by atoms with E-state index in [2.05, 4.69) is 28.5 Å². The molecule has 1 aromatic heterocycles. The van der Waals surface area contributed by atoms with Gasteiger partial charge in [-0.1, -0.05) is 72.8 Å². The van der Waals surface area contributed by atoms with Crippen LogP contribution < -0.4 is 10.1 Å². The van der Waals surface area contributed by atoms with E-state index in [-0.39, 0.29) is 11.9 Å². The number of aromatic nitrogens is 1. The van der Waals surface area contributed by atoms with Crippen molar-refractivity contribution in [2.45, 2.75) is 31.9 Å². The molecule has 0 fully saturated rings. The maximum atomic E-state index is 13.4. The van der Waals surface area contributed by atoms with Gasteiger partial charge in [0.1, 0.15) is 6.61 Å². The highest BCUT2D eigenvalue weighted by atomic mass is 16.5. The molecule has 31 heavy (non-hydrogen) atoms. The average Bonchev–Trinajstić information content (AvgIpc) is 2.83. The SMILES string of the molecule is O=C(N[C@@H]1CCCc2ccccc21)c1cc(OCc2ccccc2)nc2ccccc12.